The predicted molar refractivity (Wildman–Crippen MR) is 83.6 cm³/mol. The van der Waals surface area contributed by atoms with E-state index in [1.165, 1.54) is 11.1 Å². The Kier molecular flexibility index (Phi) is 4.11. The smallest absolute Gasteiger partial charge is 0.113 e. The lowest BCUT2D eigenvalue weighted by molar-refractivity contribution is 0.130. The second kappa shape index (κ2) is 5.85. The van der Waals surface area contributed by atoms with Crippen molar-refractivity contribution < 1.29 is 0 Å². The molecule has 2 aliphatic rings. The van der Waals surface area contributed by atoms with E-state index in [0.717, 1.165) is 56.3 Å². The van der Waals surface area contributed by atoms with E-state index in [0.29, 0.717) is 0 Å². The van der Waals surface area contributed by atoms with E-state index in [2.05, 4.69) is 50.4 Å². The maximum atomic E-state index is 9.84. The molecule has 1 unspecified atom stereocenters. The second-order valence-corrected chi connectivity index (χ2v) is 6.74. The number of hydrogen-bond acceptors (Lipinski definition) is 3. The van der Waals surface area contributed by atoms with Crippen LogP contribution in [-0.4, -0.2) is 36.6 Å². The number of fused-ring (bicyclic) bond motifs is 1. The lowest BCUT2D eigenvalue weighted by Gasteiger charge is -2.41. The molecule has 1 atom stereocenters. The lowest BCUT2D eigenvalue weighted by Crippen LogP contribution is -2.52. The van der Waals surface area contributed by atoms with Crippen LogP contribution in [0.5, 0.6) is 0 Å². The molecule has 106 valence electrons. The van der Waals surface area contributed by atoms with Crippen LogP contribution in [-0.2, 0) is 12.8 Å². The molecule has 0 amide bonds. The molecule has 1 aliphatic heterocycles. The zero-order valence-corrected chi connectivity index (χ0v) is 13.2. The summed E-state index contributed by atoms with van der Waals surface area (Å²) in [6.45, 7) is 4.09. The molecule has 0 radical (unpaired) electrons. The molecule has 0 spiro atoms. The van der Waals surface area contributed by atoms with E-state index >= 15 is 0 Å². The van der Waals surface area contributed by atoms with Gasteiger partial charge in [-0.1, -0.05) is 22.0 Å². The lowest BCUT2D eigenvalue weighted by atomic mass is 9.77. The van der Waals surface area contributed by atoms with E-state index in [9.17, 15) is 5.26 Å². The summed E-state index contributed by atoms with van der Waals surface area (Å²) in [6, 6.07) is 9.14. The summed E-state index contributed by atoms with van der Waals surface area (Å²) in [7, 11) is 0. The Morgan fingerprint density at radius 1 is 1.25 bits per heavy atom. The van der Waals surface area contributed by atoms with Crippen molar-refractivity contribution in [2.45, 2.75) is 31.2 Å². The van der Waals surface area contributed by atoms with Gasteiger partial charge in [0, 0.05) is 30.5 Å². The standard InChI is InChI=1S/C16H20BrN3/c17-15-3-2-14-11-16(12-18,5-4-13(14)10-15)20-8-1-6-19-7-9-20/h2-3,10,19H,1,4-9,11H2. The highest BCUT2D eigenvalue weighted by Gasteiger charge is 2.40. The SMILES string of the molecule is N#CC1(N2CCCNCC2)CCc2cc(Br)ccc2C1. The number of nitrogens with zero attached hydrogens (tertiary/aromatic N) is 2. The summed E-state index contributed by atoms with van der Waals surface area (Å²) in [5, 5.41) is 13.3. The third-order valence-corrected chi connectivity index (χ3v) is 5.11. The summed E-state index contributed by atoms with van der Waals surface area (Å²) < 4.78 is 1.14. The number of nitriles is 1. The first-order chi connectivity index (χ1) is 9.73. The van der Waals surface area contributed by atoms with Crippen molar-refractivity contribution in [3.05, 3.63) is 33.8 Å². The van der Waals surface area contributed by atoms with Crippen molar-refractivity contribution >= 4 is 15.9 Å². The highest BCUT2D eigenvalue weighted by molar-refractivity contribution is 9.10. The van der Waals surface area contributed by atoms with Crippen LogP contribution in [0.2, 0.25) is 0 Å². The maximum absolute atomic E-state index is 9.84. The molecule has 0 saturated carbocycles. The maximum Gasteiger partial charge on any atom is 0.113 e. The van der Waals surface area contributed by atoms with Gasteiger partial charge >= 0.3 is 0 Å². The van der Waals surface area contributed by atoms with E-state index in [1.807, 2.05) is 0 Å². The number of aryl methyl sites for hydroxylation is 1. The molecule has 1 aliphatic carbocycles. The molecule has 0 bridgehead atoms. The van der Waals surface area contributed by atoms with E-state index in [4.69, 9.17) is 0 Å². The van der Waals surface area contributed by atoms with Crippen molar-refractivity contribution in [2.75, 3.05) is 26.2 Å². The third kappa shape index (κ3) is 2.63. The summed E-state index contributed by atoms with van der Waals surface area (Å²) in [5.41, 5.74) is 2.45. The van der Waals surface area contributed by atoms with Crippen LogP contribution in [0.3, 0.4) is 0 Å². The minimum atomic E-state index is -0.299. The molecule has 1 fully saturated rings. The quantitative estimate of drug-likeness (QED) is 0.858. The Morgan fingerprint density at radius 3 is 3.00 bits per heavy atom. The van der Waals surface area contributed by atoms with Gasteiger partial charge in [-0.2, -0.15) is 5.26 Å². The number of halogens is 1. The van der Waals surface area contributed by atoms with Gasteiger partial charge in [0.15, 0.2) is 0 Å². The molecule has 0 aromatic heterocycles. The van der Waals surface area contributed by atoms with Gasteiger partial charge in [0.1, 0.15) is 5.54 Å². The van der Waals surface area contributed by atoms with Gasteiger partial charge in [0.05, 0.1) is 6.07 Å². The van der Waals surface area contributed by atoms with E-state index < -0.39 is 0 Å². The first-order valence-electron chi connectivity index (χ1n) is 7.38. The molecule has 1 saturated heterocycles. The molecule has 20 heavy (non-hydrogen) atoms. The highest BCUT2D eigenvalue weighted by atomic mass is 79.9. The van der Waals surface area contributed by atoms with Crippen molar-refractivity contribution in [1.29, 1.82) is 5.26 Å². The van der Waals surface area contributed by atoms with E-state index in [-0.39, 0.29) is 5.54 Å². The van der Waals surface area contributed by atoms with Crippen molar-refractivity contribution in [3.8, 4) is 6.07 Å². The van der Waals surface area contributed by atoms with Gasteiger partial charge in [0.25, 0.3) is 0 Å². The summed E-state index contributed by atoms with van der Waals surface area (Å²) in [5.74, 6) is 0. The van der Waals surface area contributed by atoms with Gasteiger partial charge in [-0.3, -0.25) is 4.90 Å². The second-order valence-electron chi connectivity index (χ2n) is 5.82. The largest absolute Gasteiger partial charge is 0.315 e. The van der Waals surface area contributed by atoms with Crippen LogP contribution in [0.15, 0.2) is 22.7 Å². The fraction of sp³-hybridized carbons (Fsp3) is 0.562. The molecule has 3 rings (SSSR count). The monoisotopic (exact) mass is 333 g/mol. The number of benzene rings is 1. The predicted octanol–water partition coefficient (Wildman–Crippen LogP) is 2.50. The average Bonchev–Trinajstić information content (AvgIpc) is 2.76. The van der Waals surface area contributed by atoms with Gasteiger partial charge in [-0.25, -0.2) is 0 Å². The Hall–Kier alpha value is -0.890. The molecule has 3 nitrogen and oxygen atoms in total. The Balaban J connectivity index is 1.87. The first kappa shape index (κ1) is 14.1. The summed E-state index contributed by atoms with van der Waals surface area (Å²) in [4.78, 5) is 2.41. The summed E-state index contributed by atoms with van der Waals surface area (Å²) >= 11 is 3.54. The molecule has 1 N–H and O–H groups in total. The fourth-order valence-electron chi connectivity index (χ4n) is 3.45. The van der Waals surface area contributed by atoms with Crippen LogP contribution >= 0.6 is 15.9 Å². The van der Waals surface area contributed by atoms with Gasteiger partial charge in [-0.15, -0.1) is 0 Å². The zero-order chi connectivity index (χ0) is 14.0. The van der Waals surface area contributed by atoms with Crippen LogP contribution in [0.4, 0.5) is 0 Å². The number of hydrogen-bond donors (Lipinski definition) is 1. The van der Waals surface area contributed by atoms with Crippen molar-refractivity contribution in [3.63, 3.8) is 0 Å². The van der Waals surface area contributed by atoms with Crippen molar-refractivity contribution in [2.24, 2.45) is 0 Å². The Labute approximate surface area is 129 Å². The summed E-state index contributed by atoms with van der Waals surface area (Å²) in [6.07, 6.45) is 3.96. The number of rotatable bonds is 1. The van der Waals surface area contributed by atoms with Crippen LogP contribution in [0.1, 0.15) is 24.0 Å². The molecule has 4 heteroatoms. The Bertz CT molecular complexity index is 529. The zero-order valence-electron chi connectivity index (χ0n) is 11.7. The van der Waals surface area contributed by atoms with Gasteiger partial charge < -0.3 is 5.32 Å². The average molecular weight is 334 g/mol. The highest BCUT2D eigenvalue weighted by Crippen LogP contribution is 2.34. The van der Waals surface area contributed by atoms with Crippen molar-refractivity contribution in [1.82, 2.24) is 10.2 Å². The molecule has 1 aromatic carbocycles. The Morgan fingerprint density at radius 2 is 2.15 bits per heavy atom. The molecular formula is C16H20BrN3. The van der Waals surface area contributed by atoms with E-state index in [1.54, 1.807) is 0 Å². The third-order valence-electron chi connectivity index (χ3n) is 4.61. The first-order valence-corrected chi connectivity index (χ1v) is 8.17. The van der Waals surface area contributed by atoms with Crippen LogP contribution < -0.4 is 5.32 Å². The van der Waals surface area contributed by atoms with Gasteiger partial charge in [-0.05, 0) is 49.1 Å². The normalized spacial score (nSPS) is 27.4. The number of nitrogens with one attached hydrogen (secondary N) is 1. The minimum absolute atomic E-state index is 0.299. The molecular weight excluding hydrogens is 314 g/mol. The topological polar surface area (TPSA) is 39.1 Å². The van der Waals surface area contributed by atoms with Gasteiger partial charge in [0.2, 0.25) is 0 Å². The van der Waals surface area contributed by atoms with Crippen LogP contribution in [0, 0.1) is 11.3 Å². The molecule has 1 heterocycles. The fourth-order valence-corrected chi connectivity index (χ4v) is 3.86. The minimum Gasteiger partial charge on any atom is -0.315 e. The van der Waals surface area contributed by atoms with Crippen LogP contribution in [0.25, 0.3) is 0 Å². The molecule has 1 aromatic rings.